The van der Waals surface area contributed by atoms with Crippen LogP contribution in [0.2, 0.25) is 0 Å². The quantitative estimate of drug-likeness (QED) is 0.879. The summed E-state index contributed by atoms with van der Waals surface area (Å²) in [6.45, 7) is 4.05. The summed E-state index contributed by atoms with van der Waals surface area (Å²) in [5.41, 5.74) is 3.78. The van der Waals surface area contributed by atoms with E-state index in [2.05, 4.69) is 9.88 Å². The number of anilines is 1. The van der Waals surface area contributed by atoms with Gasteiger partial charge < -0.3 is 14.6 Å². The van der Waals surface area contributed by atoms with Gasteiger partial charge in [-0.3, -0.25) is 4.79 Å². The first kappa shape index (κ1) is 14.5. The number of hydrogen-bond acceptors (Lipinski definition) is 2. The number of halogens is 1. The summed E-state index contributed by atoms with van der Waals surface area (Å²) in [5.74, 6) is 0.447. The summed E-state index contributed by atoms with van der Waals surface area (Å²) < 4.78 is 7.48. The summed E-state index contributed by atoms with van der Waals surface area (Å²) in [5, 5.41) is 2.74. The van der Waals surface area contributed by atoms with Gasteiger partial charge in [-0.2, -0.15) is 0 Å². The van der Waals surface area contributed by atoms with Gasteiger partial charge in [0.15, 0.2) is 0 Å². The van der Waals surface area contributed by atoms with Crippen molar-refractivity contribution >= 4 is 23.2 Å². The molecule has 0 spiro atoms. The zero-order valence-electron chi connectivity index (χ0n) is 11.7. The van der Waals surface area contributed by atoms with Gasteiger partial charge in [-0.05, 0) is 44.2 Å². The minimum atomic E-state index is -0.233. The highest BCUT2D eigenvalue weighted by Gasteiger charge is 2.11. The maximum absolute atomic E-state index is 11.4. The molecule has 1 amide bonds. The maximum Gasteiger partial charge on any atom is 0.239 e. The monoisotopic (exact) mass is 292 g/mol. The van der Waals surface area contributed by atoms with Gasteiger partial charge in [0.2, 0.25) is 5.91 Å². The third kappa shape index (κ3) is 2.80. The number of methoxy groups -OCH3 is 1. The molecule has 106 valence electrons. The Morgan fingerprint density at radius 2 is 1.90 bits per heavy atom. The number of amides is 1. The SMILES string of the molecule is COc1ccc(NC(=O)CCl)cc1-n1c(C)ccc1C. The minimum absolute atomic E-state index is 0.0665. The normalized spacial score (nSPS) is 10.4. The topological polar surface area (TPSA) is 43.3 Å². The smallest absolute Gasteiger partial charge is 0.239 e. The number of hydrogen-bond donors (Lipinski definition) is 1. The first-order valence-electron chi connectivity index (χ1n) is 6.26. The average Bonchev–Trinajstić information content (AvgIpc) is 2.78. The van der Waals surface area contributed by atoms with Crippen LogP contribution in [0.15, 0.2) is 30.3 Å². The van der Waals surface area contributed by atoms with E-state index >= 15 is 0 Å². The molecule has 0 unspecified atom stereocenters. The molecule has 1 heterocycles. The van der Waals surface area contributed by atoms with Crippen molar-refractivity contribution in [2.75, 3.05) is 18.3 Å². The molecule has 1 aromatic heterocycles. The molecular weight excluding hydrogens is 276 g/mol. The van der Waals surface area contributed by atoms with Crippen LogP contribution in [0.1, 0.15) is 11.4 Å². The number of nitrogens with one attached hydrogen (secondary N) is 1. The number of rotatable bonds is 4. The average molecular weight is 293 g/mol. The molecule has 0 aliphatic heterocycles. The van der Waals surface area contributed by atoms with Crippen molar-refractivity contribution in [1.29, 1.82) is 0 Å². The van der Waals surface area contributed by atoms with Gasteiger partial charge in [0.05, 0.1) is 12.8 Å². The predicted octanol–water partition coefficient (Wildman–Crippen LogP) is 3.28. The highest BCUT2D eigenvalue weighted by atomic mass is 35.5. The first-order chi connectivity index (χ1) is 9.56. The molecule has 1 aromatic carbocycles. The Balaban J connectivity index is 2.50. The van der Waals surface area contributed by atoms with Crippen LogP contribution >= 0.6 is 11.6 Å². The van der Waals surface area contributed by atoms with Gasteiger partial charge in [0.1, 0.15) is 11.6 Å². The number of benzene rings is 1. The molecular formula is C15H17ClN2O2. The van der Waals surface area contributed by atoms with Gasteiger partial charge in [0, 0.05) is 17.1 Å². The lowest BCUT2D eigenvalue weighted by Gasteiger charge is -2.15. The largest absolute Gasteiger partial charge is 0.495 e. The fourth-order valence-electron chi connectivity index (χ4n) is 2.19. The molecule has 0 bridgehead atoms. The fraction of sp³-hybridized carbons (Fsp3) is 0.267. The van der Waals surface area contributed by atoms with Crippen molar-refractivity contribution in [3.8, 4) is 11.4 Å². The Morgan fingerprint density at radius 1 is 1.25 bits per heavy atom. The highest BCUT2D eigenvalue weighted by Crippen LogP contribution is 2.29. The fourth-order valence-corrected chi connectivity index (χ4v) is 2.25. The van der Waals surface area contributed by atoms with Crippen LogP contribution in [-0.4, -0.2) is 23.5 Å². The van der Waals surface area contributed by atoms with E-state index in [-0.39, 0.29) is 11.8 Å². The van der Waals surface area contributed by atoms with E-state index in [1.807, 2.05) is 38.1 Å². The van der Waals surface area contributed by atoms with Crippen LogP contribution in [0.3, 0.4) is 0 Å². The number of nitrogens with zero attached hydrogens (tertiary/aromatic N) is 1. The Hall–Kier alpha value is -1.94. The van der Waals surface area contributed by atoms with E-state index in [1.54, 1.807) is 13.2 Å². The Morgan fingerprint density at radius 3 is 2.45 bits per heavy atom. The lowest BCUT2D eigenvalue weighted by atomic mass is 10.2. The molecule has 1 N–H and O–H groups in total. The van der Waals surface area contributed by atoms with Crippen molar-refractivity contribution in [1.82, 2.24) is 4.57 Å². The Kier molecular flexibility index (Phi) is 4.35. The van der Waals surface area contributed by atoms with E-state index in [4.69, 9.17) is 16.3 Å². The van der Waals surface area contributed by atoms with E-state index in [0.717, 1.165) is 22.8 Å². The lowest BCUT2D eigenvalue weighted by molar-refractivity contribution is -0.113. The Bertz CT molecular complexity index is 615. The Labute approximate surface area is 123 Å². The summed E-state index contributed by atoms with van der Waals surface area (Å²) in [4.78, 5) is 11.4. The van der Waals surface area contributed by atoms with Crippen molar-refractivity contribution in [2.45, 2.75) is 13.8 Å². The standard InChI is InChI=1S/C15H17ClN2O2/c1-10-4-5-11(2)18(10)13-8-12(17-15(19)9-16)6-7-14(13)20-3/h4-8H,9H2,1-3H3,(H,17,19). The predicted molar refractivity (Wildman–Crippen MR) is 81.1 cm³/mol. The van der Waals surface area contributed by atoms with Gasteiger partial charge in [-0.15, -0.1) is 11.6 Å². The van der Waals surface area contributed by atoms with Crippen LogP contribution < -0.4 is 10.1 Å². The molecule has 0 saturated heterocycles. The molecule has 2 rings (SSSR count). The number of alkyl halides is 1. The molecule has 5 heteroatoms. The molecule has 4 nitrogen and oxygen atoms in total. The first-order valence-corrected chi connectivity index (χ1v) is 6.79. The second-order valence-electron chi connectivity index (χ2n) is 4.52. The number of carbonyl (C=O) groups is 1. The van der Waals surface area contributed by atoms with Crippen LogP contribution in [0.4, 0.5) is 5.69 Å². The minimum Gasteiger partial charge on any atom is -0.495 e. The summed E-state index contributed by atoms with van der Waals surface area (Å²) in [7, 11) is 1.63. The number of ether oxygens (including phenoxy) is 1. The van der Waals surface area contributed by atoms with Crippen molar-refractivity contribution in [3.05, 3.63) is 41.7 Å². The van der Waals surface area contributed by atoms with Crippen molar-refractivity contribution < 1.29 is 9.53 Å². The molecule has 20 heavy (non-hydrogen) atoms. The van der Waals surface area contributed by atoms with Gasteiger partial charge in [-0.1, -0.05) is 0 Å². The highest BCUT2D eigenvalue weighted by molar-refractivity contribution is 6.29. The van der Waals surface area contributed by atoms with Crippen molar-refractivity contribution in [2.24, 2.45) is 0 Å². The van der Waals surface area contributed by atoms with Crippen LogP contribution in [0, 0.1) is 13.8 Å². The van der Waals surface area contributed by atoms with E-state index in [9.17, 15) is 4.79 Å². The molecule has 0 saturated carbocycles. The van der Waals surface area contributed by atoms with E-state index < -0.39 is 0 Å². The molecule has 0 fully saturated rings. The van der Waals surface area contributed by atoms with Crippen molar-refractivity contribution in [3.63, 3.8) is 0 Å². The third-order valence-corrected chi connectivity index (χ3v) is 3.34. The van der Waals surface area contributed by atoms with E-state index in [0.29, 0.717) is 5.69 Å². The molecule has 2 aromatic rings. The van der Waals surface area contributed by atoms with E-state index in [1.165, 1.54) is 0 Å². The molecule has 0 atom stereocenters. The zero-order valence-corrected chi connectivity index (χ0v) is 12.5. The maximum atomic E-state index is 11.4. The zero-order chi connectivity index (χ0) is 14.7. The number of aryl methyl sites for hydroxylation is 2. The number of aromatic nitrogens is 1. The lowest BCUT2D eigenvalue weighted by Crippen LogP contribution is -2.13. The second-order valence-corrected chi connectivity index (χ2v) is 4.79. The summed E-state index contributed by atoms with van der Waals surface area (Å²) >= 11 is 5.51. The summed E-state index contributed by atoms with van der Waals surface area (Å²) in [6.07, 6.45) is 0. The second kappa shape index (κ2) is 6.01. The van der Waals surface area contributed by atoms with Crippen LogP contribution in [0.25, 0.3) is 5.69 Å². The third-order valence-electron chi connectivity index (χ3n) is 3.10. The van der Waals surface area contributed by atoms with Crippen LogP contribution in [-0.2, 0) is 4.79 Å². The number of carbonyl (C=O) groups excluding carboxylic acids is 1. The van der Waals surface area contributed by atoms with Gasteiger partial charge in [-0.25, -0.2) is 0 Å². The van der Waals surface area contributed by atoms with Gasteiger partial charge >= 0.3 is 0 Å². The van der Waals surface area contributed by atoms with Crippen LogP contribution in [0.5, 0.6) is 5.75 Å². The van der Waals surface area contributed by atoms with Gasteiger partial charge in [0.25, 0.3) is 0 Å². The summed E-state index contributed by atoms with van der Waals surface area (Å²) in [6, 6.07) is 9.58. The molecule has 0 aliphatic rings. The molecule has 0 aliphatic carbocycles. The molecule has 0 radical (unpaired) electrons.